The Morgan fingerprint density at radius 2 is 2.17 bits per heavy atom. The normalized spacial score (nSPS) is 20.3. The zero-order valence-electron chi connectivity index (χ0n) is 12.4. The molecule has 1 fully saturated rings. The lowest BCUT2D eigenvalue weighted by atomic mass is 10.1. The molecule has 0 aromatic carbocycles. The van der Waals surface area contributed by atoms with Gasteiger partial charge in [0.25, 0.3) is 5.91 Å². The van der Waals surface area contributed by atoms with Gasteiger partial charge >= 0.3 is 6.18 Å². The Bertz CT molecular complexity index is 676. The molecule has 1 amide bonds. The molecule has 0 spiro atoms. The maximum absolute atomic E-state index is 12.6. The van der Waals surface area contributed by atoms with E-state index in [2.05, 4.69) is 20.8 Å². The number of carbonyl (C=O) groups is 1. The molecule has 1 saturated carbocycles. The first-order valence-electron chi connectivity index (χ1n) is 7.33. The van der Waals surface area contributed by atoms with E-state index >= 15 is 0 Å². The molecule has 1 aliphatic heterocycles. The summed E-state index contributed by atoms with van der Waals surface area (Å²) in [4.78, 5) is 20.6. The molecule has 130 valence electrons. The fourth-order valence-electron chi connectivity index (χ4n) is 2.10. The molecule has 0 saturated heterocycles. The lowest BCUT2D eigenvalue weighted by molar-refractivity contribution is -0.137. The fourth-order valence-corrected chi connectivity index (χ4v) is 2.33. The number of halogens is 4. The second-order valence-electron chi connectivity index (χ2n) is 5.65. The molecule has 10 heteroatoms. The van der Waals surface area contributed by atoms with E-state index < -0.39 is 17.8 Å². The van der Waals surface area contributed by atoms with Crippen molar-refractivity contribution in [1.29, 1.82) is 0 Å². The van der Waals surface area contributed by atoms with Gasteiger partial charge in [-0.15, -0.1) is 0 Å². The van der Waals surface area contributed by atoms with Gasteiger partial charge in [-0.3, -0.25) is 4.79 Å². The van der Waals surface area contributed by atoms with Crippen LogP contribution in [0.4, 0.5) is 19.0 Å². The van der Waals surface area contributed by atoms with Crippen LogP contribution in [0, 0.1) is 0 Å². The molecule has 0 unspecified atom stereocenters. The lowest BCUT2D eigenvalue weighted by Crippen LogP contribution is -2.33. The molecule has 1 atom stereocenters. The van der Waals surface area contributed by atoms with E-state index in [9.17, 15) is 18.0 Å². The number of nitrogens with zero attached hydrogens (tertiary/aromatic N) is 2. The third kappa shape index (κ3) is 4.08. The number of amides is 1. The number of anilines is 1. The Morgan fingerprint density at radius 3 is 2.79 bits per heavy atom. The van der Waals surface area contributed by atoms with Crippen LogP contribution in [0.2, 0.25) is 5.02 Å². The molecule has 24 heavy (non-hydrogen) atoms. The monoisotopic (exact) mass is 362 g/mol. The van der Waals surface area contributed by atoms with Crippen LogP contribution >= 0.6 is 11.6 Å². The second-order valence-corrected chi connectivity index (χ2v) is 6.06. The van der Waals surface area contributed by atoms with Crippen molar-refractivity contribution >= 4 is 29.0 Å². The standard InChI is InChI=1S/C14H14ClF3N4O2/c15-10-3-7(14(16,17)18)5-19-12(10)20-6-9-4-11(22-24-9)13(23)21-8-1-2-8/h3,5,8-9H,1-2,4,6H2,(H,19,20)(H,21,23)/t9-/m1/s1. The van der Waals surface area contributed by atoms with Gasteiger partial charge in [0.15, 0.2) is 6.10 Å². The number of aromatic nitrogens is 1. The molecule has 1 aliphatic carbocycles. The van der Waals surface area contributed by atoms with Crippen molar-refractivity contribution in [3.8, 4) is 0 Å². The Hall–Kier alpha value is -2.03. The van der Waals surface area contributed by atoms with E-state index in [1.54, 1.807) is 0 Å². The van der Waals surface area contributed by atoms with E-state index in [-0.39, 0.29) is 29.3 Å². The quantitative estimate of drug-likeness (QED) is 0.844. The van der Waals surface area contributed by atoms with Crippen LogP contribution in [0.25, 0.3) is 0 Å². The molecule has 1 aromatic heterocycles. The fraction of sp³-hybridized carbons (Fsp3) is 0.500. The Morgan fingerprint density at radius 1 is 1.42 bits per heavy atom. The molecular weight excluding hydrogens is 349 g/mol. The van der Waals surface area contributed by atoms with Crippen molar-refractivity contribution < 1.29 is 22.8 Å². The smallest absolute Gasteiger partial charge is 0.390 e. The van der Waals surface area contributed by atoms with Crippen LogP contribution < -0.4 is 10.6 Å². The number of hydrogen-bond donors (Lipinski definition) is 2. The molecule has 0 bridgehead atoms. The van der Waals surface area contributed by atoms with Gasteiger partial charge in [0, 0.05) is 18.7 Å². The molecule has 0 radical (unpaired) electrons. The number of pyridine rings is 1. The summed E-state index contributed by atoms with van der Waals surface area (Å²) in [6.07, 6.45) is -1.95. The molecule has 3 rings (SSSR count). The SMILES string of the molecule is O=C(NC1CC1)C1=NO[C@@H](CNc2ncc(C(F)(F)F)cc2Cl)C1. The van der Waals surface area contributed by atoms with Crippen molar-refractivity contribution in [2.24, 2.45) is 5.16 Å². The maximum atomic E-state index is 12.6. The average Bonchev–Trinajstić information content (AvgIpc) is 3.19. The van der Waals surface area contributed by atoms with E-state index in [1.165, 1.54) is 0 Å². The van der Waals surface area contributed by atoms with Crippen molar-refractivity contribution in [2.75, 3.05) is 11.9 Å². The van der Waals surface area contributed by atoms with E-state index in [0.717, 1.165) is 18.9 Å². The van der Waals surface area contributed by atoms with Gasteiger partial charge in [-0.1, -0.05) is 16.8 Å². The van der Waals surface area contributed by atoms with Crippen molar-refractivity contribution in [1.82, 2.24) is 10.3 Å². The average molecular weight is 363 g/mol. The van der Waals surface area contributed by atoms with Crippen molar-refractivity contribution in [3.63, 3.8) is 0 Å². The number of nitrogens with one attached hydrogen (secondary N) is 2. The van der Waals surface area contributed by atoms with Gasteiger partial charge in [-0.2, -0.15) is 13.2 Å². The maximum Gasteiger partial charge on any atom is 0.417 e. The zero-order chi connectivity index (χ0) is 17.3. The minimum Gasteiger partial charge on any atom is -0.390 e. The summed E-state index contributed by atoms with van der Waals surface area (Å²) in [6, 6.07) is 1.03. The largest absolute Gasteiger partial charge is 0.417 e. The van der Waals surface area contributed by atoms with Crippen LogP contribution in [0.5, 0.6) is 0 Å². The molecule has 2 N–H and O–H groups in total. The summed E-state index contributed by atoms with van der Waals surface area (Å²) in [7, 11) is 0. The summed E-state index contributed by atoms with van der Waals surface area (Å²) >= 11 is 5.81. The molecule has 6 nitrogen and oxygen atoms in total. The predicted molar refractivity (Wildman–Crippen MR) is 80.8 cm³/mol. The van der Waals surface area contributed by atoms with Gasteiger partial charge in [0.1, 0.15) is 11.5 Å². The van der Waals surface area contributed by atoms with E-state index in [0.29, 0.717) is 18.3 Å². The number of carbonyl (C=O) groups excluding carboxylic acids is 1. The highest BCUT2D eigenvalue weighted by molar-refractivity contribution is 6.39. The Labute approximate surface area is 140 Å². The van der Waals surface area contributed by atoms with Gasteiger partial charge < -0.3 is 15.5 Å². The van der Waals surface area contributed by atoms with Crippen LogP contribution in [0.15, 0.2) is 17.4 Å². The third-order valence-corrected chi connectivity index (χ3v) is 3.86. The summed E-state index contributed by atoms with van der Waals surface area (Å²) < 4.78 is 37.7. The predicted octanol–water partition coefficient (Wildman–Crippen LogP) is 2.59. The van der Waals surface area contributed by atoms with Gasteiger partial charge in [-0.05, 0) is 18.9 Å². The molecule has 2 aliphatic rings. The van der Waals surface area contributed by atoms with Crippen molar-refractivity contribution in [3.05, 3.63) is 22.8 Å². The molecule has 2 heterocycles. The van der Waals surface area contributed by atoms with Gasteiger partial charge in [0.2, 0.25) is 0 Å². The molecule has 1 aromatic rings. The number of rotatable bonds is 5. The molecular formula is C14H14ClF3N4O2. The highest BCUT2D eigenvalue weighted by Crippen LogP contribution is 2.32. The van der Waals surface area contributed by atoms with Crippen molar-refractivity contribution in [2.45, 2.75) is 37.6 Å². The first kappa shape index (κ1) is 16.8. The first-order chi connectivity index (χ1) is 11.3. The number of oxime groups is 1. The van der Waals surface area contributed by atoms with Gasteiger partial charge in [-0.25, -0.2) is 4.98 Å². The van der Waals surface area contributed by atoms with E-state index in [1.807, 2.05) is 0 Å². The van der Waals surface area contributed by atoms with E-state index in [4.69, 9.17) is 16.4 Å². The lowest BCUT2D eigenvalue weighted by Gasteiger charge is -2.13. The number of hydrogen-bond acceptors (Lipinski definition) is 5. The summed E-state index contributed by atoms with van der Waals surface area (Å²) in [5.41, 5.74) is -0.613. The minimum absolute atomic E-state index is 0.115. The van der Waals surface area contributed by atoms with Crippen LogP contribution in [-0.4, -0.2) is 35.3 Å². The summed E-state index contributed by atoms with van der Waals surface area (Å²) in [5, 5.41) is 9.21. The summed E-state index contributed by atoms with van der Waals surface area (Å²) in [6.45, 7) is 0.210. The topological polar surface area (TPSA) is 75.6 Å². The highest BCUT2D eigenvalue weighted by Gasteiger charge is 2.32. The van der Waals surface area contributed by atoms with Crippen LogP contribution in [-0.2, 0) is 15.8 Å². The Kier molecular flexibility index (Phi) is 4.53. The zero-order valence-corrected chi connectivity index (χ0v) is 13.1. The van der Waals surface area contributed by atoms with Crippen LogP contribution in [0.3, 0.4) is 0 Å². The highest BCUT2D eigenvalue weighted by atomic mass is 35.5. The Balaban J connectivity index is 1.51. The van der Waals surface area contributed by atoms with Gasteiger partial charge in [0.05, 0.1) is 17.1 Å². The first-order valence-corrected chi connectivity index (χ1v) is 7.71. The second kappa shape index (κ2) is 6.46. The minimum atomic E-state index is -4.50. The number of alkyl halides is 3. The summed E-state index contributed by atoms with van der Waals surface area (Å²) in [5.74, 6) is -0.130. The van der Waals surface area contributed by atoms with Crippen LogP contribution in [0.1, 0.15) is 24.8 Å². The third-order valence-electron chi connectivity index (χ3n) is 3.57.